The van der Waals surface area contributed by atoms with E-state index in [0.29, 0.717) is 24.3 Å². The number of benzene rings is 2. The van der Waals surface area contributed by atoms with Gasteiger partial charge in [0.15, 0.2) is 17.5 Å². The number of aromatic nitrogens is 1. The molecule has 2 aromatic carbocycles. The molecule has 1 aliphatic heterocycles. The Kier molecular flexibility index (Phi) is 5.44. The lowest BCUT2D eigenvalue weighted by Gasteiger charge is -2.29. The van der Waals surface area contributed by atoms with Crippen molar-refractivity contribution < 1.29 is 22.7 Å². The molecule has 0 bridgehead atoms. The van der Waals surface area contributed by atoms with Crippen molar-refractivity contribution in [2.45, 2.75) is 38.0 Å². The summed E-state index contributed by atoms with van der Waals surface area (Å²) < 4.78 is 49.7. The zero-order valence-corrected chi connectivity index (χ0v) is 17.7. The van der Waals surface area contributed by atoms with Gasteiger partial charge in [-0.1, -0.05) is 18.6 Å². The quantitative estimate of drug-likeness (QED) is 0.558. The van der Waals surface area contributed by atoms with Crippen molar-refractivity contribution >= 4 is 11.7 Å². The number of hydrogen-bond acceptors (Lipinski definition) is 4. The van der Waals surface area contributed by atoms with Crippen molar-refractivity contribution in [1.82, 2.24) is 4.57 Å². The van der Waals surface area contributed by atoms with E-state index in [9.17, 15) is 22.8 Å². The van der Waals surface area contributed by atoms with Crippen molar-refractivity contribution in [3.05, 3.63) is 87.1 Å². The minimum Gasteiger partial charge on any atom is -0.423 e. The number of halogens is 3. The molecule has 1 fully saturated rings. The first kappa shape index (κ1) is 21.3. The van der Waals surface area contributed by atoms with E-state index >= 15 is 0 Å². The van der Waals surface area contributed by atoms with E-state index in [1.54, 1.807) is 6.07 Å². The third kappa shape index (κ3) is 3.79. The molecule has 170 valence electrons. The number of fused-ring (bicyclic) bond motifs is 1. The Labute approximate surface area is 187 Å². The highest BCUT2D eigenvalue weighted by molar-refractivity contribution is 5.93. The number of nitrogens with zero attached hydrogens (tertiary/aromatic N) is 1. The van der Waals surface area contributed by atoms with Crippen LogP contribution in [0.15, 0.2) is 47.3 Å². The predicted molar refractivity (Wildman–Crippen MR) is 117 cm³/mol. The van der Waals surface area contributed by atoms with E-state index in [0.717, 1.165) is 47.9 Å². The van der Waals surface area contributed by atoms with Gasteiger partial charge in [0.25, 0.3) is 5.56 Å². The van der Waals surface area contributed by atoms with E-state index in [2.05, 4.69) is 5.32 Å². The normalized spacial score (nSPS) is 15.4. The maximum Gasteiger partial charge on any atom is 0.346 e. The van der Waals surface area contributed by atoms with Gasteiger partial charge >= 0.3 is 5.97 Å². The topological polar surface area (TPSA) is 60.3 Å². The smallest absolute Gasteiger partial charge is 0.346 e. The molecule has 5 nitrogen and oxygen atoms in total. The number of ether oxygens (including phenoxy) is 1. The molecule has 0 atom stereocenters. The van der Waals surface area contributed by atoms with Crippen LogP contribution < -0.4 is 15.6 Å². The van der Waals surface area contributed by atoms with Gasteiger partial charge in [0, 0.05) is 24.4 Å². The summed E-state index contributed by atoms with van der Waals surface area (Å²) in [6.07, 6.45) is 4.05. The third-order valence-corrected chi connectivity index (χ3v) is 6.31. The Morgan fingerprint density at radius 3 is 2.61 bits per heavy atom. The molecule has 1 N–H and O–H groups in total. The molecular weight excluding hydrogens is 433 g/mol. The Bertz CT molecular complexity index is 1310. The molecule has 0 unspecified atom stereocenters. The maximum absolute atomic E-state index is 14.9. The summed E-state index contributed by atoms with van der Waals surface area (Å²) in [5.74, 6) is -3.95. The molecule has 0 amide bonds. The second kappa shape index (κ2) is 8.42. The van der Waals surface area contributed by atoms with Gasteiger partial charge in [-0.05, 0) is 55.4 Å². The molecule has 1 aromatic heterocycles. The van der Waals surface area contributed by atoms with E-state index < -0.39 is 29.0 Å². The average Bonchev–Trinajstić information content (AvgIpc) is 2.75. The first-order valence-corrected chi connectivity index (χ1v) is 10.9. The standard InChI is InChI=1S/C25H21F3N2O3/c26-18-7-2-8-19(23(18)28)30-20(14-4-1-5-14)12-16(13-21(30)31)33-25(32)17-10-9-15-6-3-11-29-24(15)22(17)27/h2,7-10,12-14,29H,1,3-6,11H2. The summed E-state index contributed by atoms with van der Waals surface area (Å²) >= 11 is 0. The molecule has 2 heterocycles. The van der Waals surface area contributed by atoms with Crippen LogP contribution in [0.3, 0.4) is 0 Å². The maximum atomic E-state index is 14.9. The van der Waals surface area contributed by atoms with Crippen molar-refractivity contribution in [3.8, 4) is 11.4 Å². The van der Waals surface area contributed by atoms with Gasteiger partial charge in [-0.25, -0.2) is 18.0 Å². The van der Waals surface area contributed by atoms with Crippen LogP contribution in [0.2, 0.25) is 0 Å². The molecular formula is C25H21F3N2O3. The fourth-order valence-corrected chi connectivity index (χ4v) is 4.38. The molecule has 1 aliphatic carbocycles. The molecule has 8 heteroatoms. The van der Waals surface area contributed by atoms with Crippen LogP contribution in [0.1, 0.15) is 53.2 Å². The minimum absolute atomic E-state index is 0.0648. The second-order valence-corrected chi connectivity index (χ2v) is 8.37. The SMILES string of the molecule is O=C(Oc1cc(C2CCC2)n(-c2cccc(F)c2F)c(=O)c1)c1ccc2c(c1F)NCCC2. The Hall–Kier alpha value is -3.55. The first-order valence-electron chi connectivity index (χ1n) is 10.9. The molecule has 1 saturated carbocycles. The van der Waals surface area contributed by atoms with Crippen molar-refractivity contribution in [3.63, 3.8) is 0 Å². The van der Waals surface area contributed by atoms with Crippen LogP contribution >= 0.6 is 0 Å². The Morgan fingerprint density at radius 2 is 1.85 bits per heavy atom. The van der Waals surface area contributed by atoms with Gasteiger partial charge in [0.1, 0.15) is 5.75 Å². The van der Waals surface area contributed by atoms with Crippen LogP contribution in [0.25, 0.3) is 5.69 Å². The lowest BCUT2D eigenvalue weighted by atomic mass is 9.82. The lowest BCUT2D eigenvalue weighted by molar-refractivity contribution is 0.0729. The van der Waals surface area contributed by atoms with Gasteiger partial charge < -0.3 is 10.1 Å². The molecule has 0 radical (unpaired) electrons. The predicted octanol–water partition coefficient (Wildman–Crippen LogP) is 5.10. The monoisotopic (exact) mass is 454 g/mol. The zero-order chi connectivity index (χ0) is 23.1. The second-order valence-electron chi connectivity index (χ2n) is 8.37. The number of carbonyl (C=O) groups excluding carboxylic acids is 1. The molecule has 33 heavy (non-hydrogen) atoms. The van der Waals surface area contributed by atoms with Crippen molar-refractivity contribution in [2.24, 2.45) is 0 Å². The van der Waals surface area contributed by atoms with Crippen molar-refractivity contribution in [1.29, 1.82) is 0 Å². The first-order chi connectivity index (χ1) is 15.9. The number of esters is 1. The Balaban J connectivity index is 1.52. The average molecular weight is 454 g/mol. The van der Waals surface area contributed by atoms with E-state index in [1.807, 2.05) is 0 Å². The third-order valence-electron chi connectivity index (χ3n) is 6.31. The van der Waals surface area contributed by atoms with Crippen LogP contribution in [0.4, 0.5) is 18.9 Å². The van der Waals surface area contributed by atoms with Crippen molar-refractivity contribution in [2.75, 3.05) is 11.9 Å². The fourth-order valence-electron chi connectivity index (χ4n) is 4.38. The summed E-state index contributed by atoms with van der Waals surface area (Å²) in [7, 11) is 0. The summed E-state index contributed by atoms with van der Waals surface area (Å²) in [5.41, 5.74) is 0.401. The molecule has 2 aliphatic rings. The molecule has 5 rings (SSSR count). The molecule has 3 aromatic rings. The van der Waals surface area contributed by atoms with Gasteiger partial charge in [-0.15, -0.1) is 0 Å². The Morgan fingerprint density at radius 1 is 1.03 bits per heavy atom. The van der Waals surface area contributed by atoms with E-state index in [4.69, 9.17) is 4.74 Å². The summed E-state index contributed by atoms with van der Waals surface area (Å²) in [6.45, 7) is 0.613. The number of nitrogens with one attached hydrogen (secondary N) is 1. The van der Waals surface area contributed by atoms with E-state index in [-0.39, 0.29) is 22.9 Å². The molecule has 0 spiro atoms. The van der Waals surface area contributed by atoms with Crippen LogP contribution in [-0.2, 0) is 6.42 Å². The largest absolute Gasteiger partial charge is 0.423 e. The summed E-state index contributed by atoms with van der Waals surface area (Å²) in [4.78, 5) is 25.7. The van der Waals surface area contributed by atoms with Crippen LogP contribution in [0, 0.1) is 17.5 Å². The number of rotatable bonds is 4. The van der Waals surface area contributed by atoms with Crippen LogP contribution in [-0.4, -0.2) is 17.1 Å². The number of carbonyl (C=O) groups is 1. The number of anilines is 1. The van der Waals surface area contributed by atoms with Gasteiger partial charge in [-0.2, -0.15) is 0 Å². The highest BCUT2D eigenvalue weighted by atomic mass is 19.2. The highest BCUT2D eigenvalue weighted by Crippen LogP contribution is 2.38. The lowest BCUT2D eigenvalue weighted by Crippen LogP contribution is -2.27. The summed E-state index contributed by atoms with van der Waals surface area (Å²) in [5, 5.41) is 2.97. The fraction of sp³-hybridized carbons (Fsp3) is 0.280. The minimum atomic E-state index is -1.13. The zero-order valence-electron chi connectivity index (χ0n) is 17.7. The van der Waals surface area contributed by atoms with Gasteiger partial charge in [-0.3, -0.25) is 9.36 Å². The number of pyridine rings is 1. The molecule has 0 saturated heterocycles. The van der Waals surface area contributed by atoms with E-state index in [1.165, 1.54) is 24.3 Å². The van der Waals surface area contributed by atoms with Crippen LogP contribution in [0.5, 0.6) is 5.75 Å². The van der Waals surface area contributed by atoms with Gasteiger partial charge in [0.05, 0.1) is 16.9 Å². The summed E-state index contributed by atoms with van der Waals surface area (Å²) in [6, 6.07) is 9.19. The van der Waals surface area contributed by atoms with Gasteiger partial charge in [0.2, 0.25) is 0 Å². The number of hydrogen-bond donors (Lipinski definition) is 1. The number of aryl methyl sites for hydroxylation is 1. The highest BCUT2D eigenvalue weighted by Gasteiger charge is 2.27.